The maximum absolute atomic E-state index is 12.5. The number of carbonyl (C=O) groups excluding carboxylic acids is 1. The minimum Gasteiger partial charge on any atom is -0.339 e. The SMILES string of the molecule is Cl.O=C(c1cccc(I)c1)N1CCC2(CCNCC2)CC1. The van der Waals surface area contributed by atoms with Crippen LogP contribution < -0.4 is 5.32 Å². The molecule has 0 unspecified atom stereocenters. The van der Waals surface area contributed by atoms with E-state index in [4.69, 9.17) is 0 Å². The minimum absolute atomic E-state index is 0. The Hall–Kier alpha value is -0.330. The predicted octanol–water partition coefficient (Wildman–Crippen LogP) is 3.32. The van der Waals surface area contributed by atoms with Gasteiger partial charge in [-0.1, -0.05) is 6.07 Å². The van der Waals surface area contributed by atoms with Crippen molar-refractivity contribution in [2.45, 2.75) is 25.7 Å². The van der Waals surface area contributed by atoms with Crippen LogP contribution in [-0.4, -0.2) is 37.0 Å². The Labute approximate surface area is 146 Å². The zero-order chi connectivity index (χ0) is 14.0. The first-order chi connectivity index (χ1) is 9.69. The second-order valence-corrected chi connectivity index (χ2v) is 7.30. The summed E-state index contributed by atoms with van der Waals surface area (Å²) in [6, 6.07) is 7.90. The Morgan fingerprint density at radius 2 is 1.81 bits per heavy atom. The first-order valence-electron chi connectivity index (χ1n) is 7.44. The molecule has 1 aromatic carbocycles. The van der Waals surface area contributed by atoms with Crippen LogP contribution in [0.1, 0.15) is 36.0 Å². The van der Waals surface area contributed by atoms with Crippen LogP contribution in [0.4, 0.5) is 0 Å². The minimum atomic E-state index is 0. The fraction of sp³-hybridized carbons (Fsp3) is 0.562. The van der Waals surface area contributed by atoms with Crippen LogP contribution in [0.15, 0.2) is 24.3 Å². The maximum atomic E-state index is 12.5. The first kappa shape index (κ1) is 17.0. The predicted molar refractivity (Wildman–Crippen MR) is 96.1 cm³/mol. The molecular formula is C16H22ClIN2O. The standard InChI is InChI=1S/C16H21IN2O.ClH/c17-14-3-1-2-13(12-14)15(20)19-10-6-16(7-11-19)4-8-18-9-5-16;/h1-3,12,18H,4-11H2;1H. The van der Waals surface area contributed by atoms with Crippen molar-refractivity contribution >= 4 is 40.9 Å². The summed E-state index contributed by atoms with van der Waals surface area (Å²) in [4.78, 5) is 14.6. The van der Waals surface area contributed by atoms with Crippen molar-refractivity contribution < 1.29 is 4.79 Å². The highest BCUT2D eigenvalue weighted by Gasteiger charge is 2.36. The molecule has 21 heavy (non-hydrogen) atoms. The quantitative estimate of drug-likeness (QED) is 0.707. The fourth-order valence-corrected chi connectivity index (χ4v) is 3.99. The zero-order valence-corrected chi connectivity index (χ0v) is 15.1. The molecule has 2 saturated heterocycles. The lowest BCUT2D eigenvalue weighted by molar-refractivity contribution is 0.0495. The van der Waals surface area contributed by atoms with Crippen LogP contribution in [0.2, 0.25) is 0 Å². The monoisotopic (exact) mass is 420 g/mol. The molecule has 0 radical (unpaired) electrons. The average molecular weight is 421 g/mol. The molecule has 0 aromatic heterocycles. The van der Waals surface area contributed by atoms with Crippen molar-refractivity contribution in [2.75, 3.05) is 26.2 Å². The number of halogens is 2. The van der Waals surface area contributed by atoms with E-state index in [0.29, 0.717) is 5.41 Å². The molecule has 0 atom stereocenters. The van der Waals surface area contributed by atoms with E-state index in [-0.39, 0.29) is 18.3 Å². The van der Waals surface area contributed by atoms with Gasteiger partial charge in [-0.3, -0.25) is 4.79 Å². The molecule has 2 aliphatic rings. The fourth-order valence-electron chi connectivity index (χ4n) is 3.45. The number of hydrogen-bond donors (Lipinski definition) is 1. The molecule has 2 aliphatic heterocycles. The van der Waals surface area contributed by atoms with E-state index in [2.05, 4.69) is 27.9 Å². The third kappa shape index (κ3) is 3.90. The number of amides is 1. The van der Waals surface area contributed by atoms with Crippen LogP contribution >= 0.6 is 35.0 Å². The van der Waals surface area contributed by atoms with Crippen molar-refractivity contribution in [1.29, 1.82) is 0 Å². The van der Waals surface area contributed by atoms with E-state index in [1.807, 2.05) is 29.2 Å². The number of rotatable bonds is 1. The second kappa shape index (κ2) is 7.29. The molecule has 3 nitrogen and oxygen atoms in total. The van der Waals surface area contributed by atoms with Gasteiger partial charge < -0.3 is 10.2 Å². The second-order valence-electron chi connectivity index (χ2n) is 6.05. The van der Waals surface area contributed by atoms with Crippen LogP contribution in [0.25, 0.3) is 0 Å². The summed E-state index contributed by atoms with van der Waals surface area (Å²) in [5.74, 6) is 0.201. The number of piperidine rings is 2. The molecule has 1 N–H and O–H groups in total. The first-order valence-corrected chi connectivity index (χ1v) is 8.52. The van der Waals surface area contributed by atoms with E-state index in [9.17, 15) is 4.79 Å². The van der Waals surface area contributed by atoms with Crippen molar-refractivity contribution in [3.05, 3.63) is 33.4 Å². The highest BCUT2D eigenvalue weighted by Crippen LogP contribution is 2.39. The molecule has 116 valence electrons. The van der Waals surface area contributed by atoms with E-state index >= 15 is 0 Å². The maximum Gasteiger partial charge on any atom is 0.253 e. The van der Waals surface area contributed by atoms with E-state index in [0.717, 1.165) is 35.3 Å². The van der Waals surface area contributed by atoms with Gasteiger partial charge >= 0.3 is 0 Å². The van der Waals surface area contributed by atoms with E-state index in [1.165, 1.54) is 25.7 Å². The Morgan fingerprint density at radius 3 is 2.43 bits per heavy atom. The van der Waals surface area contributed by atoms with Gasteiger partial charge in [0.25, 0.3) is 5.91 Å². The molecule has 3 rings (SSSR count). The Bertz CT molecular complexity index is 493. The topological polar surface area (TPSA) is 32.3 Å². The molecule has 2 fully saturated rings. The largest absolute Gasteiger partial charge is 0.339 e. The normalized spacial score (nSPS) is 20.9. The Kier molecular flexibility index (Phi) is 5.91. The average Bonchev–Trinajstić information content (AvgIpc) is 2.48. The van der Waals surface area contributed by atoms with Gasteiger partial charge in [-0.2, -0.15) is 0 Å². The molecule has 5 heteroatoms. The highest BCUT2D eigenvalue weighted by molar-refractivity contribution is 14.1. The van der Waals surface area contributed by atoms with Gasteiger partial charge in [0.1, 0.15) is 0 Å². The van der Waals surface area contributed by atoms with Crippen LogP contribution in [0, 0.1) is 8.99 Å². The summed E-state index contributed by atoms with van der Waals surface area (Å²) in [5, 5.41) is 3.44. The summed E-state index contributed by atoms with van der Waals surface area (Å²) in [6.45, 7) is 4.13. The Balaban J connectivity index is 0.00000161. The lowest BCUT2D eigenvalue weighted by atomic mass is 9.71. The Morgan fingerprint density at radius 1 is 1.14 bits per heavy atom. The third-order valence-corrected chi connectivity index (χ3v) is 5.52. The van der Waals surface area contributed by atoms with Gasteiger partial charge in [0.05, 0.1) is 0 Å². The van der Waals surface area contributed by atoms with Gasteiger partial charge in [-0.15, -0.1) is 12.4 Å². The summed E-state index contributed by atoms with van der Waals surface area (Å²) < 4.78 is 1.13. The number of nitrogens with one attached hydrogen (secondary N) is 1. The van der Waals surface area contributed by atoms with E-state index in [1.54, 1.807) is 0 Å². The molecule has 0 bridgehead atoms. The smallest absolute Gasteiger partial charge is 0.253 e. The number of benzene rings is 1. The van der Waals surface area contributed by atoms with Gasteiger partial charge in [-0.05, 0) is 85.0 Å². The van der Waals surface area contributed by atoms with Gasteiger partial charge in [0.15, 0.2) is 0 Å². The summed E-state index contributed by atoms with van der Waals surface area (Å²) >= 11 is 2.26. The van der Waals surface area contributed by atoms with Crippen LogP contribution in [0.5, 0.6) is 0 Å². The molecule has 1 spiro atoms. The molecule has 1 aromatic rings. The number of nitrogens with zero attached hydrogens (tertiary/aromatic N) is 1. The van der Waals surface area contributed by atoms with Gasteiger partial charge in [0.2, 0.25) is 0 Å². The van der Waals surface area contributed by atoms with Crippen LogP contribution in [0.3, 0.4) is 0 Å². The van der Waals surface area contributed by atoms with Gasteiger partial charge in [-0.25, -0.2) is 0 Å². The van der Waals surface area contributed by atoms with Crippen molar-refractivity contribution in [1.82, 2.24) is 10.2 Å². The zero-order valence-electron chi connectivity index (χ0n) is 12.1. The molecule has 2 heterocycles. The lowest BCUT2D eigenvalue weighted by Gasteiger charge is -2.44. The van der Waals surface area contributed by atoms with Crippen molar-refractivity contribution in [2.24, 2.45) is 5.41 Å². The number of likely N-dealkylation sites (tertiary alicyclic amines) is 1. The number of hydrogen-bond acceptors (Lipinski definition) is 2. The van der Waals surface area contributed by atoms with Gasteiger partial charge in [0, 0.05) is 22.2 Å². The van der Waals surface area contributed by atoms with Crippen molar-refractivity contribution in [3.63, 3.8) is 0 Å². The molecular weight excluding hydrogens is 399 g/mol. The molecule has 0 saturated carbocycles. The highest BCUT2D eigenvalue weighted by atomic mass is 127. The summed E-state index contributed by atoms with van der Waals surface area (Å²) in [7, 11) is 0. The molecule has 1 amide bonds. The van der Waals surface area contributed by atoms with Crippen molar-refractivity contribution in [3.8, 4) is 0 Å². The number of carbonyl (C=O) groups is 1. The third-order valence-electron chi connectivity index (χ3n) is 4.85. The van der Waals surface area contributed by atoms with E-state index < -0.39 is 0 Å². The summed E-state index contributed by atoms with van der Waals surface area (Å²) in [6.07, 6.45) is 4.89. The summed E-state index contributed by atoms with van der Waals surface area (Å²) in [5.41, 5.74) is 1.34. The van der Waals surface area contributed by atoms with Crippen LogP contribution in [-0.2, 0) is 0 Å². The molecule has 0 aliphatic carbocycles. The lowest BCUT2D eigenvalue weighted by Crippen LogP contribution is -2.47.